The minimum absolute atomic E-state index is 0.138. The largest absolute Gasteiger partial charge is 0.465 e. The van der Waals surface area contributed by atoms with Crippen LogP contribution in [0.4, 0.5) is 5.69 Å². The van der Waals surface area contributed by atoms with Crippen molar-refractivity contribution in [2.24, 2.45) is 16.7 Å². The molecule has 2 aliphatic rings. The molecule has 0 radical (unpaired) electrons. The van der Waals surface area contributed by atoms with Crippen LogP contribution in [0.25, 0.3) is 0 Å². The van der Waals surface area contributed by atoms with Gasteiger partial charge in [-0.2, -0.15) is 0 Å². The Kier molecular flexibility index (Phi) is 3.36. The van der Waals surface area contributed by atoms with Crippen LogP contribution in [-0.2, 0) is 14.3 Å². The van der Waals surface area contributed by atoms with Crippen LogP contribution >= 0.6 is 0 Å². The van der Waals surface area contributed by atoms with Crippen LogP contribution in [-0.4, -0.2) is 24.9 Å². The summed E-state index contributed by atoms with van der Waals surface area (Å²) in [5.41, 5.74) is 0.0416. The zero-order valence-electron chi connectivity index (χ0n) is 13.9. The number of nitrogens with zero attached hydrogens (tertiary/aromatic N) is 1. The first-order valence-corrected chi connectivity index (χ1v) is 7.81. The van der Waals surface area contributed by atoms with E-state index in [1.807, 2.05) is 20.8 Å². The monoisotopic (exact) mass is 315 g/mol. The van der Waals surface area contributed by atoms with E-state index in [1.54, 1.807) is 24.3 Å². The van der Waals surface area contributed by atoms with Crippen molar-refractivity contribution in [2.45, 2.75) is 33.6 Å². The molecule has 1 heterocycles. The van der Waals surface area contributed by atoms with Gasteiger partial charge in [0.2, 0.25) is 11.8 Å². The summed E-state index contributed by atoms with van der Waals surface area (Å²) in [6.45, 7) is 5.98. The first-order valence-electron chi connectivity index (χ1n) is 7.81. The highest BCUT2D eigenvalue weighted by atomic mass is 16.5. The fraction of sp³-hybridized carbons (Fsp3) is 0.500. The molecular formula is C18H21NO4. The normalized spacial score (nSPS) is 28.9. The van der Waals surface area contributed by atoms with Crippen LogP contribution < -0.4 is 4.90 Å². The van der Waals surface area contributed by atoms with Gasteiger partial charge in [-0.1, -0.05) is 20.8 Å². The van der Waals surface area contributed by atoms with Gasteiger partial charge in [0.15, 0.2) is 0 Å². The van der Waals surface area contributed by atoms with Crippen LogP contribution in [0, 0.1) is 16.7 Å². The van der Waals surface area contributed by atoms with Crippen LogP contribution in [0.1, 0.15) is 44.0 Å². The van der Waals surface area contributed by atoms with Gasteiger partial charge < -0.3 is 4.74 Å². The maximum absolute atomic E-state index is 13.0. The molecule has 0 N–H and O–H groups in total. The van der Waals surface area contributed by atoms with E-state index in [9.17, 15) is 14.4 Å². The molecule has 1 aliphatic heterocycles. The molecule has 1 aromatic carbocycles. The van der Waals surface area contributed by atoms with Crippen LogP contribution in [0.3, 0.4) is 0 Å². The average molecular weight is 315 g/mol. The number of rotatable bonds is 2. The Labute approximate surface area is 135 Å². The van der Waals surface area contributed by atoms with E-state index in [0.717, 1.165) is 12.8 Å². The van der Waals surface area contributed by atoms with Gasteiger partial charge in [-0.05, 0) is 42.5 Å². The topological polar surface area (TPSA) is 63.7 Å². The lowest BCUT2D eigenvalue weighted by atomic mass is 9.62. The van der Waals surface area contributed by atoms with Gasteiger partial charge in [-0.15, -0.1) is 0 Å². The Balaban J connectivity index is 2.00. The van der Waals surface area contributed by atoms with Crippen molar-refractivity contribution < 1.29 is 19.1 Å². The summed E-state index contributed by atoms with van der Waals surface area (Å²) in [6.07, 6.45) is 1.47. The third-order valence-electron chi connectivity index (χ3n) is 5.97. The molecule has 1 saturated heterocycles. The van der Waals surface area contributed by atoms with Crippen molar-refractivity contribution in [3.8, 4) is 0 Å². The molecule has 2 atom stereocenters. The van der Waals surface area contributed by atoms with Crippen molar-refractivity contribution in [2.75, 3.05) is 12.0 Å². The van der Waals surface area contributed by atoms with Crippen molar-refractivity contribution >= 4 is 23.5 Å². The lowest BCUT2D eigenvalue weighted by Crippen LogP contribution is -2.59. The highest BCUT2D eigenvalue weighted by molar-refractivity contribution is 6.20. The Hall–Kier alpha value is -2.17. The van der Waals surface area contributed by atoms with Gasteiger partial charge in [0.25, 0.3) is 0 Å². The van der Waals surface area contributed by atoms with Crippen molar-refractivity contribution in [3.05, 3.63) is 29.8 Å². The second kappa shape index (κ2) is 4.91. The molecule has 5 heteroatoms. The van der Waals surface area contributed by atoms with Crippen LogP contribution in [0.15, 0.2) is 24.3 Å². The molecule has 2 bridgehead atoms. The van der Waals surface area contributed by atoms with Crippen molar-refractivity contribution in [1.82, 2.24) is 0 Å². The second-order valence-corrected chi connectivity index (χ2v) is 7.16. The predicted octanol–water partition coefficient (Wildman–Crippen LogP) is 2.79. The molecule has 1 aromatic rings. The second-order valence-electron chi connectivity index (χ2n) is 7.16. The number of ether oxygens (including phenoxy) is 1. The van der Waals surface area contributed by atoms with E-state index in [2.05, 4.69) is 4.74 Å². The fourth-order valence-electron chi connectivity index (χ4n) is 3.93. The number of hydrogen-bond acceptors (Lipinski definition) is 4. The van der Waals surface area contributed by atoms with Crippen molar-refractivity contribution in [3.63, 3.8) is 0 Å². The fourth-order valence-corrected chi connectivity index (χ4v) is 3.93. The van der Waals surface area contributed by atoms with Crippen LogP contribution in [0.2, 0.25) is 0 Å². The molecule has 1 aliphatic carbocycles. The molecule has 1 saturated carbocycles. The molecule has 5 nitrogen and oxygen atoms in total. The number of benzene rings is 1. The van der Waals surface area contributed by atoms with Gasteiger partial charge in [0.1, 0.15) is 0 Å². The van der Waals surface area contributed by atoms with E-state index >= 15 is 0 Å². The maximum Gasteiger partial charge on any atom is 0.337 e. The van der Waals surface area contributed by atoms with E-state index in [1.165, 1.54) is 12.0 Å². The Morgan fingerprint density at radius 2 is 1.78 bits per heavy atom. The quantitative estimate of drug-likeness (QED) is 0.622. The third kappa shape index (κ3) is 1.95. The highest BCUT2D eigenvalue weighted by Crippen LogP contribution is 2.60. The molecule has 122 valence electrons. The lowest BCUT2D eigenvalue weighted by Gasteiger charge is -2.47. The van der Waals surface area contributed by atoms with Gasteiger partial charge in [-0.3, -0.25) is 9.59 Å². The van der Waals surface area contributed by atoms with Gasteiger partial charge in [0.05, 0.1) is 23.8 Å². The first-order chi connectivity index (χ1) is 10.7. The zero-order chi connectivity index (χ0) is 17.0. The van der Waals surface area contributed by atoms with Crippen molar-refractivity contribution in [1.29, 1.82) is 0 Å². The van der Waals surface area contributed by atoms with E-state index in [0.29, 0.717) is 11.3 Å². The molecule has 0 aromatic heterocycles. The zero-order valence-corrected chi connectivity index (χ0v) is 13.9. The third-order valence-corrected chi connectivity index (χ3v) is 5.97. The SMILES string of the molecule is COC(=O)c1ccc(N2C(=O)[C@H]3CC[C@@](C)(C2=O)C3(C)C)cc1. The Morgan fingerprint density at radius 3 is 2.35 bits per heavy atom. The van der Waals surface area contributed by atoms with Gasteiger partial charge in [-0.25, -0.2) is 9.69 Å². The summed E-state index contributed by atoms with van der Waals surface area (Å²) in [6, 6.07) is 6.41. The number of amides is 2. The number of carbonyl (C=O) groups excluding carboxylic acids is 3. The van der Waals surface area contributed by atoms with Crippen LogP contribution in [0.5, 0.6) is 0 Å². The van der Waals surface area contributed by atoms with Gasteiger partial charge >= 0.3 is 5.97 Å². The maximum atomic E-state index is 13.0. The summed E-state index contributed by atoms with van der Waals surface area (Å²) in [7, 11) is 1.31. The molecule has 3 rings (SSSR count). The molecule has 2 amide bonds. The number of imide groups is 1. The lowest BCUT2D eigenvalue weighted by molar-refractivity contribution is -0.146. The molecule has 23 heavy (non-hydrogen) atoms. The number of anilines is 1. The predicted molar refractivity (Wildman–Crippen MR) is 84.9 cm³/mol. The first kappa shape index (κ1) is 15.7. The minimum Gasteiger partial charge on any atom is -0.465 e. The Bertz CT molecular complexity index is 691. The summed E-state index contributed by atoms with van der Waals surface area (Å²) < 4.78 is 4.66. The highest BCUT2D eigenvalue weighted by Gasteiger charge is 2.64. The van der Waals surface area contributed by atoms with Gasteiger partial charge in [0, 0.05) is 5.92 Å². The standard InChI is InChI=1S/C18H21NO4/c1-17(2)13-9-10-18(17,3)16(22)19(14(13)20)12-7-5-11(6-8-12)15(21)23-4/h5-8,13H,9-10H2,1-4H3/t13-,18+/m1/s1. The number of fused-ring (bicyclic) bond motifs is 2. The number of piperidine rings is 1. The number of carbonyl (C=O) groups is 3. The summed E-state index contributed by atoms with van der Waals surface area (Å²) in [5.74, 6) is -0.876. The number of esters is 1. The number of hydrogen-bond donors (Lipinski definition) is 0. The van der Waals surface area contributed by atoms with E-state index in [-0.39, 0.29) is 23.1 Å². The molecule has 0 unspecified atom stereocenters. The summed E-state index contributed by atoms with van der Waals surface area (Å²) in [5, 5.41) is 0. The minimum atomic E-state index is -0.535. The van der Waals surface area contributed by atoms with E-state index < -0.39 is 11.4 Å². The van der Waals surface area contributed by atoms with E-state index in [4.69, 9.17) is 0 Å². The summed E-state index contributed by atoms with van der Waals surface area (Å²) in [4.78, 5) is 38.7. The smallest absolute Gasteiger partial charge is 0.337 e. The number of methoxy groups -OCH3 is 1. The molecule has 0 spiro atoms. The Morgan fingerprint density at radius 1 is 1.17 bits per heavy atom. The molecule has 2 fully saturated rings. The average Bonchev–Trinajstić information content (AvgIpc) is 2.71. The molecular weight excluding hydrogens is 294 g/mol. The summed E-state index contributed by atoms with van der Waals surface area (Å²) >= 11 is 0.